The van der Waals surface area contributed by atoms with Gasteiger partial charge in [0.1, 0.15) is 6.54 Å². The van der Waals surface area contributed by atoms with Crippen LogP contribution in [0.15, 0.2) is 18.3 Å². The van der Waals surface area contributed by atoms with Crippen molar-refractivity contribution in [1.29, 1.82) is 0 Å². The van der Waals surface area contributed by atoms with Crippen molar-refractivity contribution >= 4 is 56.5 Å². The summed E-state index contributed by atoms with van der Waals surface area (Å²) in [6.45, 7) is 3.95. The number of hydrogen-bond acceptors (Lipinski definition) is 4. The van der Waals surface area contributed by atoms with E-state index in [1.807, 2.05) is 17.6 Å². The van der Waals surface area contributed by atoms with Crippen LogP contribution in [-0.2, 0) is 24.2 Å². The molecule has 3 aromatic rings. The van der Waals surface area contributed by atoms with Crippen LogP contribution in [0.4, 0.5) is 5.13 Å². The van der Waals surface area contributed by atoms with Crippen LogP contribution < -0.4 is 10.6 Å². The van der Waals surface area contributed by atoms with Gasteiger partial charge in [0, 0.05) is 40.1 Å². The minimum atomic E-state index is -0.104. The third-order valence-corrected chi connectivity index (χ3v) is 5.91. The van der Waals surface area contributed by atoms with E-state index >= 15 is 0 Å². The van der Waals surface area contributed by atoms with Crippen molar-refractivity contribution < 1.29 is 4.79 Å². The summed E-state index contributed by atoms with van der Waals surface area (Å²) in [6.07, 6.45) is 3.48. The molecule has 136 valence electrons. The van der Waals surface area contributed by atoms with Gasteiger partial charge >= 0.3 is 0 Å². The van der Waals surface area contributed by atoms with E-state index in [1.54, 1.807) is 12.3 Å². The molecule has 1 aliphatic rings. The number of halogens is 2. The highest BCUT2D eigenvalue weighted by Crippen LogP contribution is 2.36. The topological polar surface area (TPSA) is 59.0 Å². The summed E-state index contributed by atoms with van der Waals surface area (Å²) in [5.41, 5.74) is 3.28. The summed E-state index contributed by atoms with van der Waals surface area (Å²) >= 11 is 14.2. The molecule has 1 amide bonds. The quantitative estimate of drug-likeness (QED) is 0.687. The fraction of sp³-hybridized carbons (Fsp3) is 0.333. The molecule has 1 aromatic carbocycles. The van der Waals surface area contributed by atoms with E-state index in [0.717, 1.165) is 47.4 Å². The Kier molecular flexibility index (Phi) is 4.92. The highest BCUT2D eigenvalue weighted by Gasteiger charge is 2.22. The molecule has 2 N–H and O–H groups in total. The minimum Gasteiger partial charge on any atom is -0.335 e. The molecule has 0 saturated carbocycles. The number of carbonyl (C=O) groups excluding carboxylic acids is 1. The zero-order valence-electron chi connectivity index (χ0n) is 14.2. The molecule has 3 heterocycles. The zero-order chi connectivity index (χ0) is 18.3. The number of aromatic nitrogens is 2. The third kappa shape index (κ3) is 3.34. The lowest BCUT2D eigenvalue weighted by atomic mass is 10.1. The normalized spacial score (nSPS) is 14.3. The first-order chi connectivity index (χ1) is 12.5. The lowest BCUT2D eigenvalue weighted by Crippen LogP contribution is -2.21. The maximum Gasteiger partial charge on any atom is 0.246 e. The van der Waals surface area contributed by atoms with Gasteiger partial charge in [-0.2, -0.15) is 0 Å². The maximum atomic E-state index is 12.6. The van der Waals surface area contributed by atoms with Gasteiger partial charge in [-0.3, -0.25) is 4.79 Å². The predicted octanol–water partition coefficient (Wildman–Crippen LogP) is 4.04. The lowest BCUT2D eigenvalue weighted by Gasteiger charge is -2.11. The van der Waals surface area contributed by atoms with Gasteiger partial charge in [0.25, 0.3) is 0 Å². The molecule has 0 aliphatic carbocycles. The smallest absolute Gasteiger partial charge is 0.246 e. The van der Waals surface area contributed by atoms with Gasteiger partial charge in [-0.15, -0.1) is 11.3 Å². The molecule has 0 saturated heterocycles. The summed E-state index contributed by atoms with van der Waals surface area (Å²) in [4.78, 5) is 17.9. The van der Waals surface area contributed by atoms with Gasteiger partial charge in [-0.1, -0.05) is 23.2 Å². The fourth-order valence-electron chi connectivity index (χ4n) is 3.52. The van der Waals surface area contributed by atoms with Crippen molar-refractivity contribution in [3.05, 3.63) is 44.5 Å². The molecule has 2 aromatic heterocycles. The molecule has 0 fully saturated rings. The molecule has 0 atom stereocenters. The van der Waals surface area contributed by atoms with Crippen LogP contribution in [0.3, 0.4) is 0 Å². The van der Waals surface area contributed by atoms with E-state index in [2.05, 4.69) is 15.6 Å². The second-order valence-electron chi connectivity index (χ2n) is 6.37. The number of thiazole rings is 1. The molecular formula is C18H18Cl2N4OS. The number of hydrogen-bond donors (Lipinski definition) is 2. The Bertz CT molecular complexity index is 995. The molecule has 26 heavy (non-hydrogen) atoms. The number of amides is 1. The number of aryl methyl sites for hydroxylation is 1. The summed E-state index contributed by atoms with van der Waals surface area (Å²) in [6, 6.07) is 3.67. The number of benzene rings is 1. The van der Waals surface area contributed by atoms with Crippen molar-refractivity contribution in [1.82, 2.24) is 14.9 Å². The Labute approximate surface area is 165 Å². The standard InChI is InChI=1S/C18H18Cl2N4OS/c1-10-8-22-18(26-10)23-16(25)9-24-14-3-5-21-4-2-12(14)17-13(20)6-11(19)7-15(17)24/h6-8,21H,2-5,9H2,1H3,(H,22,23,25). The highest BCUT2D eigenvalue weighted by atomic mass is 35.5. The fourth-order valence-corrected chi connectivity index (χ4v) is 4.80. The Morgan fingerprint density at radius 2 is 2.15 bits per heavy atom. The number of carbonyl (C=O) groups is 1. The minimum absolute atomic E-state index is 0.104. The summed E-state index contributed by atoms with van der Waals surface area (Å²) in [5.74, 6) is -0.104. The number of anilines is 1. The monoisotopic (exact) mass is 408 g/mol. The first-order valence-electron chi connectivity index (χ1n) is 8.45. The van der Waals surface area contributed by atoms with E-state index < -0.39 is 0 Å². The molecular weight excluding hydrogens is 391 g/mol. The Morgan fingerprint density at radius 1 is 1.35 bits per heavy atom. The Balaban J connectivity index is 1.75. The van der Waals surface area contributed by atoms with Crippen LogP contribution in [0.25, 0.3) is 10.9 Å². The van der Waals surface area contributed by atoms with Gasteiger partial charge in [0.2, 0.25) is 5.91 Å². The van der Waals surface area contributed by atoms with Crippen LogP contribution in [0.2, 0.25) is 10.0 Å². The third-order valence-electron chi connectivity index (χ3n) is 4.56. The van der Waals surface area contributed by atoms with Crippen molar-refractivity contribution in [3.8, 4) is 0 Å². The number of rotatable bonds is 3. The van der Waals surface area contributed by atoms with Crippen LogP contribution in [0.5, 0.6) is 0 Å². The molecule has 4 rings (SSSR count). The zero-order valence-corrected chi connectivity index (χ0v) is 16.6. The van der Waals surface area contributed by atoms with E-state index in [0.29, 0.717) is 15.2 Å². The average Bonchev–Trinajstić information content (AvgIpc) is 2.99. The summed E-state index contributed by atoms with van der Waals surface area (Å²) in [5, 5.41) is 9.13. The molecule has 5 nitrogen and oxygen atoms in total. The second kappa shape index (κ2) is 7.19. The van der Waals surface area contributed by atoms with Crippen molar-refractivity contribution in [3.63, 3.8) is 0 Å². The predicted molar refractivity (Wildman–Crippen MR) is 108 cm³/mol. The molecule has 0 radical (unpaired) electrons. The van der Waals surface area contributed by atoms with Crippen LogP contribution in [0, 0.1) is 6.92 Å². The van der Waals surface area contributed by atoms with Crippen molar-refractivity contribution in [2.45, 2.75) is 26.3 Å². The number of fused-ring (bicyclic) bond motifs is 3. The maximum absolute atomic E-state index is 12.6. The van der Waals surface area contributed by atoms with Crippen LogP contribution in [0.1, 0.15) is 16.1 Å². The summed E-state index contributed by atoms with van der Waals surface area (Å²) < 4.78 is 2.05. The lowest BCUT2D eigenvalue weighted by molar-refractivity contribution is -0.116. The number of nitrogens with zero attached hydrogens (tertiary/aromatic N) is 2. The molecule has 8 heteroatoms. The Hall–Kier alpha value is -1.60. The van der Waals surface area contributed by atoms with Gasteiger partial charge < -0.3 is 15.2 Å². The number of nitrogens with one attached hydrogen (secondary N) is 2. The van der Waals surface area contributed by atoms with Crippen molar-refractivity contribution in [2.75, 3.05) is 18.4 Å². The average molecular weight is 409 g/mol. The molecule has 1 aliphatic heterocycles. The molecule has 0 unspecified atom stereocenters. The van der Waals surface area contributed by atoms with Gasteiger partial charge in [0.15, 0.2) is 5.13 Å². The van der Waals surface area contributed by atoms with Crippen molar-refractivity contribution in [2.24, 2.45) is 0 Å². The largest absolute Gasteiger partial charge is 0.335 e. The van der Waals surface area contributed by atoms with E-state index in [1.165, 1.54) is 16.9 Å². The van der Waals surface area contributed by atoms with E-state index in [4.69, 9.17) is 23.2 Å². The van der Waals surface area contributed by atoms with Gasteiger partial charge in [0.05, 0.1) is 10.5 Å². The van der Waals surface area contributed by atoms with Gasteiger partial charge in [-0.05, 0) is 37.6 Å². The highest BCUT2D eigenvalue weighted by molar-refractivity contribution is 7.15. The van der Waals surface area contributed by atoms with Gasteiger partial charge in [-0.25, -0.2) is 4.98 Å². The van der Waals surface area contributed by atoms with E-state index in [-0.39, 0.29) is 12.5 Å². The Morgan fingerprint density at radius 3 is 2.92 bits per heavy atom. The first-order valence-corrected chi connectivity index (χ1v) is 10.0. The second-order valence-corrected chi connectivity index (χ2v) is 8.45. The summed E-state index contributed by atoms with van der Waals surface area (Å²) in [7, 11) is 0. The first kappa shape index (κ1) is 17.8. The molecule has 0 bridgehead atoms. The van der Waals surface area contributed by atoms with Crippen LogP contribution in [-0.4, -0.2) is 28.5 Å². The SMILES string of the molecule is Cc1cnc(NC(=O)Cn2c3c(c4c(Cl)cc(Cl)cc42)CCNCC3)s1. The van der Waals surface area contributed by atoms with Crippen LogP contribution >= 0.6 is 34.5 Å². The molecule has 0 spiro atoms. The van der Waals surface area contributed by atoms with E-state index in [9.17, 15) is 4.79 Å².